The van der Waals surface area contributed by atoms with Gasteiger partial charge < -0.3 is 10.2 Å². The summed E-state index contributed by atoms with van der Waals surface area (Å²) in [7, 11) is 0. The first kappa shape index (κ1) is 15.5. The highest BCUT2D eigenvalue weighted by Gasteiger charge is 2.29. The molecule has 20 heavy (non-hydrogen) atoms. The largest absolute Gasteiger partial charge is 0.396 e. The summed E-state index contributed by atoms with van der Waals surface area (Å²) >= 11 is 2.27. The third-order valence-corrected chi connectivity index (χ3v) is 4.30. The summed E-state index contributed by atoms with van der Waals surface area (Å²) in [5.74, 6) is 0. The Bertz CT molecular complexity index is 518. The van der Waals surface area contributed by atoms with Crippen LogP contribution in [-0.2, 0) is 12.8 Å². The van der Waals surface area contributed by atoms with Crippen molar-refractivity contribution in [3.05, 3.63) is 69.3 Å². The highest BCUT2D eigenvalue weighted by molar-refractivity contribution is 14.1. The molecule has 0 radical (unpaired) electrons. The summed E-state index contributed by atoms with van der Waals surface area (Å²) in [6.07, 6.45) is 1.35. The lowest BCUT2D eigenvalue weighted by Crippen LogP contribution is -2.34. The van der Waals surface area contributed by atoms with Crippen LogP contribution in [0.5, 0.6) is 0 Å². The van der Waals surface area contributed by atoms with Gasteiger partial charge in [0.1, 0.15) is 0 Å². The third-order valence-electron chi connectivity index (χ3n) is 3.59. The number of aliphatic hydroxyl groups excluding tert-OH is 2. The van der Waals surface area contributed by atoms with E-state index in [4.69, 9.17) is 0 Å². The molecule has 0 heterocycles. The van der Waals surface area contributed by atoms with Gasteiger partial charge in [-0.1, -0.05) is 42.5 Å². The average molecular weight is 382 g/mol. The number of halogens is 1. The molecule has 0 spiro atoms. The molecular formula is C17H19IO2. The van der Waals surface area contributed by atoms with Crippen LogP contribution < -0.4 is 0 Å². The summed E-state index contributed by atoms with van der Waals surface area (Å²) in [6, 6.07) is 18.2. The van der Waals surface area contributed by atoms with Gasteiger partial charge in [0.25, 0.3) is 0 Å². The molecule has 0 unspecified atom stereocenters. The van der Waals surface area contributed by atoms with Gasteiger partial charge in [0.15, 0.2) is 0 Å². The molecule has 2 nitrogen and oxygen atoms in total. The maximum absolute atomic E-state index is 9.79. The van der Waals surface area contributed by atoms with Crippen LogP contribution in [0.2, 0.25) is 0 Å². The van der Waals surface area contributed by atoms with E-state index in [-0.39, 0.29) is 13.2 Å². The van der Waals surface area contributed by atoms with E-state index in [9.17, 15) is 10.2 Å². The summed E-state index contributed by atoms with van der Waals surface area (Å²) < 4.78 is 1.19. The van der Waals surface area contributed by atoms with Crippen molar-refractivity contribution < 1.29 is 10.2 Å². The van der Waals surface area contributed by atoms with Gasteiger partial charge in [-0.25, -0.2) is 0 Å². The molecule has 106 valence electrons. The van der Waals surface area contributed by atoms with Gasteiger partial charge in [-0.05, 0) is 58.7 Å². The molecule has 0 aliphatic rings. The lowest BCUT2D eigenvalue weighted by Gasteiger charge is -2.30. The summed E-state index contributed by atoms with van der Waals surface area (Å²) in [4.78, 5) is 0. The minimum atomic E-state index is -0.506. The van der Waals surface area contributed by atoms with E-state index >= 15 is 0 Å². The normalized spacial score (nSPS) is 11.6. The van der Waals surface area contributed by atoms with Crippen molar-refractivity contribution in [3.8, 4) is 0 Å². The molecular weight excluding hydrogens is 363 g/mol. The van der Waals surface area contributed by atoms with Crippen LogP contribution in [0.15, 0.2) is 54.6 Å². The van der Waals surface area contributed by atoms with E-state index in [1.807, 2.05) is 30.3 Å². The fourth-order valence-corrected chi connectivity index (χ4v) is 2.76. The van der Waals surface area contributed by atoms with Crippen LogP contribution in [-0.4, -0.2) is 23.4 Å². The summed E-state index contributed by atoms with van der Waals surface area (Å²) in [5, 5.41) is 19.6. The molecule has 0 bridgehead atoms. The van der Waals surface area contributed by atoms with Crippen molar-refractivity contribution in [2.24, 2.45) is 5.41 Å². The Hall–Kier alpha value is -0.910. The highest BCUT2D eigenvalue weighted by Crippen LogP contribution is 2.27. The van der Waals surface area contributed by atoms with Crippen LogP contribution in [0.1, 0.15) is 11.1 Å². The maximum atomic E-state index is 9.79. The SMILES string of the molecule is OCC(CO)(Cc1ccccc1)Cc1ccc(I)cc1. The van der Waals surface area contributed by atoms with Crippen molar-refractivity contribution in [2.75, 3.05) is 13.2 Å². The Morgan fingerprint density at radius 1 is 0.750 bits per heavy atom. The van der Waals surface area contributed by atoms with Crippen LogP contribution >= 0.6 is 22.6 Å². The predicted molar refractivity (Wildman–Crippen MR) is 89.6 cm³/mol. The van der Waals surface area contributed by atoms with Gasteiger partial charge in [-0.2, -0.15) is 0 Å². The molecule has 0 saturated carbocycles. The van der Waals surface area contributed by atoms with Crippen LogP contribution in [0.3, 0.4) is 0 Å². The lowest BCUT2D eigenvalue weighted by atomic mass is 9.78. The summed E-state index contributed by atoms with van der Waals surface area (Å²) in [5.41, 5.74) is 1.78. The number of hydrogen-bond donors (Lipinski definition) is 2. The molecule has 0 aliphatic heterocycles. The topological polar surface area (TPSA) is 40.5 Å². The zero-order valence-electron chi connectivity index (χ0n) is 11.3. The molecule has 0 amide bonds. The Labute approximate surface area is 133 Å². The zero-order valence-corrected chi connectivity index (χ0v) is 13.5. The second-order valence-corrected chi connectivity index (χ2v) is 6.53. The first-order valence-electron chi connectivity index (χ1n) is 6.67. The molecule has 2 N–H and O–H groups in total. The number of benzene rings is 2. The molecule has 0 aromatic heterocycles. The minimum absolute atomic E-state index is 0.0234. The lowest BCUT2D eigenvalue weighted by molar-refractivity contribution is 0.0548. The molecule has 0 atom stereocenters. The van der Waals surface area contributed by atoms with Crippen molar-refractivity contribution >= 4 is 22.6 Å². The first-order valence-corrected chi connectivity index (χ1v) is 7.75. The van der Waals surface area contributed by atoms with Gasteiger partial charge in [0.05, 0.1) is 13.2 Å². The van der Waals surface area contributed by atoms with Gasteiger partial charge in [0, 0.05) is 8.99 Å². The van der Waals surface area contributed by atoms with Crippen molar-refractivity contribution in [2.45, 2.75) is 12.8 Å². The maximum Gasteiger partial charge on any atom is 0.0515 e. The van der Waals surface area contributed by atoms with Crippen molar-refractivity contribution in [3.63, 3.8) is 0 Å². The third kappa shape index (κ3) is 4.04. The molecule has 3 heteroatoms. The summed E-state index contributed by atoms with van der Waals surface area (Å²) in [6.45, 7) is -0.0469. The molecule has 2 aromatic carbocycles. The van der Waals surface area contributed by atoms with E-state index in [1.165, 1.54) is 3.57 Å². The smallest absolute Gasteiger partial charge is 0.0515 e. The standard InChI is InChI=1S/C17H19IO2/c18-16-8-6-15(7-9-16)11-17(12-19,13-20)10-14-4-2-1-3-5-14/h1-9,19-20H,10-13H2. The quantitative estimate of drug-likeness (QED) is 0.755. The van der Waals surface area contributed by atoms with Crippen LogP contribution in [0.25, 0.3) is 0 Å². The molecule has 0 fully saturated rings. The Kier molecular flexibility index (Phi) is 5.57. The van der Waals surface area contributed by atoms with E-state index in [1.54, 1.807) is 0 Å². The van der Waals surface area contributed by atoms with Gasteiger partial charge in [0.2, 0.25) is 0 Å². The highest BCUT2D eigenvalue weighted by atomic mass is 127. The monoisotopic (exact) mass is 382 g/mol. The van der Waals surface area contributed by atoms with E-state index in [0.717, 1.165) is 11.1 Å². The van der Waals surface area contributed by atoms with E-state index < -0.39 is 5.41 Å². The minimum Gasteiger partial charge on any atom is -0.396 e. The fourth-order valence-electron chi connectivity index (χ4n) is 2.40. The average Bonchev–Trinajstić information content (AvgIpc) is 2.50. The van der Waals surface area contributed by atoms with Crippen LogP contribution in [0, 0.1) is 8.99 Å². The fraction of sp³-hybridized carbons (Fsp3) is 0.294. The Morgan fingerprint density at radius 3 is 1.75 bits per heavy atom. The molecule has 0 aliphatic carbocycles. The second kappa shape index (κ2) is 7.20. The number of aliphatic hydroxyl groups is 2. The van der Waals surface area contributed by atoms with E-state index in [2.05, 4.69) is 46.9 Å². The second-order valence-electron chi connectivity index (χ2n) is 5.28. The number of rotatable bonds is 6. The zero-order chi connectivity index (χ0) is 14.4. The molecule has 2 rings (SSSR count). The Balaban J connectivity index is 2.18. The van der Waals surface area contributed by atoms with Gasteiger partial charge >= 0.3 is 0 Å². The van der Waals surface area contributed by atoms with E-state index in [0.29, 0.717) is 12.8 Å². The number of hydrogen-bond acceptors (Lipinski definition) is 2. The van der Waals surface area contributed by atoms with Crippen LogP contribution in [0.4, 0.5) is 0 Å². The first-order chi connectivity index (χ1) is 9.67. The van der Waals surface area contributed by atoms with Gasteiger partial charge in [-0.3, -0.25) is 0 Å². The molecule has 0 saturated heterocycles. The van der Waals surface area contributed by atoms with Gasteiger partial charge in [-0.15, -0.1) is 0 Å². The Morgan fingerprint density at radius 2 is 1.25 bits per heavy atom. The predicted octanol–water partition coefficient (Wildman–Crippen LogP) is 3.05. The molecule has 2 aromatic rings. The van der Waals surface area contributed by atoms with Crippen molar-refractivity contribution in [1.82, 2.24) is 0 Å². The van der Waals surface area contributed by atoms with Crippen molar-refractivity contribution in [1.29, 1.82) is 0 Å².